The summed E-state index contributed by atoms with van der Waals surface area (Å²) in [4.78, 5) is 8.19. The predicted molar refractivity (Wildman–Crippen MR) is 67.2 cm³/mol. The molecule has 2 rings (SSSR count). The lowest BCUT2D eigenvalue weighted by Crippen LogP contribution is -1.96. The Bertz CT molecular complexity index is 496. The topological polar surface area (TPSA) is 51.8 Å². The summed E-state index contributed by atoms with van der Waals surface area (Å²) in [6.07, 6.45) is 1.56. The maximum absolute atomic E-state index is 13.0. The fourth-order valence-corrected chi connectivity index (χ4v) is 1.72. The number of hydrogen-bond acceptors (Lipinski definition) is 3. The van der Waals surface area contributed by atoms with Crippen molar-refractivity contribution in [1.29, 1.82) is 0 Å². The molecule has 6 heteroatoms. The SMILES string of the molecule is Nc1nc(-c2ccc(F)c(Br)c2)ncc1Br. The molecule has 0 bridgehead atoms. The molecule has 0 amide bonds. The minimum absolute atomic E-state index is 0.325. The number of hydrogen-bond donors (Lipinski definition) is 1. The number of nitrogens with zero attached hydrogens (tertiary/aromatic N) is 2. The van der Waals surface area contributed by atoms with E-state index in [2.05, 4.69) is 41.8 Å². The molecule has 2 N–H and O–H groups in total. The van der Waals surface area contributed by atoms with E-state index in [9.17, 15) is 4.39 Å². The van der Waals surface area contributed by atoms with Gasteiger partial charge in [-0.25, -0.2) is 14.4 Å². The highest BCUT2D eigenvalue weighted by molar-refractivity contribution is 9.10. The summed E-state index contributed by atoms with van der Waals surface area (Å²) < 4.78 is 14.0. The average Bonchev–Trinajstić information content (AvgIpc) is 2.26. The second-order valence-electron chi connectivity index (χ2n) is 3.06. The van der Waals surface area contributed by atoms with Crippen LogP contribution in [0.25, 0.3) is 11.4 Å². The average molecular weight is 347 g/mol. The van der Waals surface area contributed by atoms with Crippen LogP contribution in [0.1, 0.15) is 0 Å². The van der Waals surface area contributed by atoms with Gasteiger partial charge in [-0.3, -0.25) is 0 Å². The van der Waals surface area contributed by atoms with Gasteiger partial charge in [0.25, 0.3) is 0 Å². The number of aromatic nitrogens is 2. The van der Waals surface area contributed by atoms with E-state index in [0.29, 0.717) is 26.2 Å². The first-order valence-corrected chi connectivity index (χ1v) is 5.90. The lowest BCUT2D eigenvalue weighted by Gasteiger charge is -2.03. The van der Waals surface area contributed by atoms with Crippen molar-refractivity contribution < 1.29 is 4.39 Å². The fraction of sp³-hybridized carbons (Fsp3) is 0. The van der Waals surface area contributed by atoms with Crippen LogP contribution >= 0.6 is 31.9 Å². The Kier molecular flexibility index (Phi) is 3.20. The second-order valence-corrected chi connectivity index (χ2v) is 4.76. The molecule has 0 unspecified atom stereocenters. The molecule has 0 aliphatic rings. The zero-order valence-corrected chi connectivity index (χ0v) is 11.1. The predicted octanol–water partition coefficient (Wildman–Crippen LogP) is 3.39. The largest absolute Gasteiger partial charge is 0.383 e. The summed E-state index contributed by atoms with van der Waals surface area (Å²) in [6, 6.07) is 4.56. The normalized spacial score (nSPS) is 10.4. The molecular weight excluding hydrogens is 341 g/mol. The third-order valence-corrected chi connectivity index (χ3v) is 3.17. The van der Waals surface area contributed by atoms with E-state index in [-0.39, 0.29) is 5.82 Å². The molecule has 0 aliphatic carbocycles. The van der Waals surface area contributed by atoms with Crippen LogP contribution < -0.4 is 5.73 Å². The van der Waals surface area contributed by atoms with Gasteiger partial charge in [0.15, 0.2) is 5.82 Å². The van der Waals surface area contributed by atoms with Gasteiger partial charge in [0.05, 0.1) is 8.95 Å². The van der Waals surface area contributed by atoms with Crippen LogP contribution in [-0.4, -0.2) is 9.97 Å². The van der Waals surface area contributed by atoms with E-state index in [1.54, 1.807) is 18.3 Å². The van der Waals surface area contributed by atoms with Crippen molar-refractivity contribution in [1.82, 2.24) is 9.97 Å². The van der Waals surface area contributed by atoms with E-state index in [1.165, 1.54) is 6.07 Å². The van der Waals surface area contributed by atoms with Crippen LogP contribution in [-0.2, 0) is 0 Å². The second kappa shape index (κ2) is 4.47. The molecule has 0 atom stereocenters. The third kappa shape index (κ3) is 2.22. The molecule has 0 spiro atoms. The first-order chi connectivity index (χ1) is 7.58. The van der Waals surface area contributed by atoms with Gasteiger partial charge in [0.1, 0.15) is 11.6 Å². The number of nitrogen functional groups attached to an aromatic ring is 1. The van der Waals surface area contributed by atoms with Crippen LogP contribution in [0.15, 0.2) is 33.3 Å². The van der Waals surface area contributed by atoms with Crippen LogP contribution in [0.2, 0.25) is 0 Å². The molecule has 1 heterocycles. The fourth-order valence-electron chi connectivity index (χ4n) is 1.15. The van der Waals surface area contributed by atoms with Gasteiger partial charge in [-0.2, -0.15) is 0 Å². The zero-order valence-electron chi connectivity index (χ0n) is 7.92. The number of rotatable bonds is 1. The summed E-state index contributed by atoms with van der Waals surface area (Å²) in [5.74, 6) is 0.487. The van der Waals surface area contributed by atoms with Gasteiger partial charge in [-0.05, 0) is 50.1 Å². The maximum atomic E-state index is 13.0. The standard InChI is InChI=1S/C10H6Br2FN3/c11-6-3-5(1-2-8(6)13)10-15-4-7(12)9(14)16-10/h1-4H,(H2,14,15,16). The van der Waals surface area contributed by atoms with Gasteiger partial charge in [-0.15, -0.1) is 0 Å². The molecular formula is C10H6Br2FN3. The van der Waals surface area contributed by atoms with Gasteiger partial charge < -0.3 is 5.73 Å². The smallest absolute Gasteiger partial charge is 0.161 e. The van der Waals surface area contributed by atoms with Crippen molar-refractivity contribution in [3.8, 4) is 11.4 Å². The Morgan fingerprint density at radius 1 is 1.19 bits per heavy atom. The van der Waals surface area contributed by atoms with Crippen molar-refractivity contribution in [2.45, 2.75) is 0 Å². The van der Waals surface area contributed by atoms with E-state index in [0.717, 1.165) is 0 Å². The molecule has 0 saturated heterocycles. The monoisotopic (exact) mass is 345 g/mol. The van der Waals surface area contributed by atoms with Crippen molar-refractivity contribution in [3.63, 3.8) is 0 Å². The van der Waals surface area contributed by atoms with Crippen molar-refractivity contribution in [3.05, 3.63) is 39.2 Å². The quantitative estimate of drug-likeness (QED) is 0.861. The zero-order chi connectivity index (χ0) is 11.7. The van der Waals surface area contributed by atoms with Crippen LogP contribution in [0.4, 0.5) is 10.2 Å². The summed E-state index contributed by atoms with van der Waals surface area (Å²) in [5.41, 5.74) is 6.34. The van der Waals surface area contributed by atoms with Gasteiger partial charge >= 0.3 is 0 Å². The molecule has 16 heavy (non-hydrogen) atoms. The Morgan fingerprint density at radius 3 is 2.56 bits per heavy atom. The molecule has 2 aromatic rings. The molecule has 1 aromatic heterocycles. The molecule has 0 saturated carbocycles. The Morgan fingerprint density at radius 2 is 1.94 bits per heavy atom. The van der Waals surface area contributed by atoms with E-state index in [1.807, 2.05) is 0 Å². The molecule has 1 aromatic carbocycles. The minimum atomic E-state index is -0.325. The highest BCUT2D eigenvalue weighted by Gasteiger charge is 2.07. The number of benzene rings is 1. The molecule has 0 radical (unpaired) electrons. The molecule has 0 fully saturated rings. The number of nitrogens with two attached hydrogens (primary N) is 1. The minimum Gasteiger partial charge on any atom is -0.383 e. The van der Waals surface area contributed by atoms with Crippen LogP contribution in [0, 0.1) is 5.82 Å². The summed E-state index contributed by atoms with van der Waals surface area (Å²) in [5, 5.41) is 0. The van der Waals surface area contributed by atoms with E-state index < -0.39 is 0 Å². The molecule has 0 aliphatic heterocycles. The van der Waals surface area contributed by atoms with Crippen LogP contribution in [0.5, 0.6) is 0 Å². The first-order valence-electron chi connectivity index (χ1n) is 4.31. The summed E-state index contributed by atoms with van der Waals surface area (Å²) >= 11 is 6.31. The summed E-state index contributed by atoms with van der Waals surface area (Å²) in [6.45, 7) is 0. The van der Waals surface area contributed by atoms with Crippen molar-refractivity contribution in [2.24, 2.45) is 0 Å². The first kappa shape index (κ1) is 11.5. The Balaban J connectivity index is 2.50. The molecule has 3 nitrogen and oxygen atoms in total. The summed E-state index contributed by atoms with van der Waals surface area (Å²) in [7, 11) is 0. The third-order valence-electron chi connectivity index (χ3n) is 1.95. The van der Waals surface area contributed by atoms with Gasteiger partial charge in [0, 0.05) is 11.8 Å². The Labute approximate surface area is 108 Å². The lowest BCUT2D eigenvalue weighted by atomic mass is 10.2. The van der Waals surface area contributed by atoms with Gasteiger partial charge in [-0.1, -0.05) is 0 Å². The lowest BCUT2D eigenvalue weighted by molar-refractivity contribution is 0.621. The maximum Gasteiger partial charge on any atom is 0.161 e. The Hall–Kier alpha value is -1.01. The van der Waals surface area contributed by atoms with E-state index in [4.69, 9.17) is 5.73 Å². The number of halogens is 3. The van der Waals surface area contributed by atoms with Crippen LogP contribution in [0.3, 0.4) is 0 Å². The van der Waals surface area contributed by atoms with Crippen molar-refractivity contribution >= 4 is 37.7 Å². The molecule has 82 valence electrons. The van der Waals surface area contributed by atoms with Gasteiger partial charge in [0.2, 0.25) is 0 Å². The van der Waals surface area contributed by atoms with E-state index >= 15 is 0 Å². The highest BCUT2D eigenvalue weighted by atomic mass is 79.9. The number of anilines is 1. The highest BCUT2D eigenvalue weighted by Crippen LogP contribution is 2.24. The van der Waals surface area contributed by atoms with Crippen molar-refractivity contribution in [2.75, 3.05) is 5.73 Å².